The first-order chi connectivity index (χ1) is 9.83. The zero-order valence-corrected chi connectivity index (χ0v) is 11.3. The van der Waals surface area contributed by atoms with E-state index in [0.717, 1.165) is 30.2 Å². The van der Waals surface area contributed by atoms with Crippen LogP contribution in [0.15, 0.2) is 42.6 Å². The zero-order chi connectivity index (χ0) is 13.8. The van der Waals surface area contributed by atoms with Gasteiger partial charge in [-0.2, -0.15) is 0 Å². The third-order valence-corrected chi connectivity index (χ3v) is 3.59. The molecule has 0 amide bonds. The Labute approximate surface area is 118 Å². The second-order valence-corrected chi connectivity index (χ2v) is 5.05. The Hall–Kier alpha value is -2.10. The van der Waals surface area contributed by atoms with E-state index in [1.165, 1.54) is 25.0 Å². The fraction of sp³-hybridized carbons (Fsp3) is 0.312. The van der Waals surface area contributed by atoms with Crippen LogP contribution in [0.2, 0.25) is 0 Å². The van der Waals surface area contributed by atoms with Crippen LogP contribution in [0.3, 0.4) is 0 Å². The summed E-state index contributed by atoms with van der Waals surface area (Å²) in [7, 11) is 0. The lowest BCUT2D eigenvalue weighted by Gasteiger charge is -2.20. The van der Waals surface area contributed by atoms with Crippen LogP contribution in [-0.4, -0.2) is 18.1 Å². The van der Waals surface area contributed by atoms with E-state index in [4.69, 9.17) is 0 Å². The Bertz CT molecular complexity index is 562. The second kappa shape index (κ2) is 5.90. The van der Waals surface area contributed by atoms with Crippen molar-refractivity contribution < 1.29 is 4.39 Å². The predicted molar refractivity (Wildman–Crippen MR) is 79.4 cm³/mol. The van der Waals surface area contributed by atoms with Crippen molar-refractivity contribution in [3.8, 4) is 0 Å². The maximum Gasteiger partial charge on any atom is 0.151 e. The van der Waals surface area contributed by atoms with Gasteiger partial charge in [0.05, 0.1) is 5.69 Å². The second-order valence-electron chi connectivity index (χ2n) is 5.05. The summed E-state index contributed by atoms with van der Waals surface area (Å²) in [6, 6.07) is 10.6. The van der Waals surface area contributed by atoms with Crippen molar-refractivity contribution in [2.24, 2.45) is 0 Å². The molecule has 1 aromatic carbocycles. The zero-order valence-electron chi connectivity index (χ0n) is 11.3. The monoisotopic (exact) mass is 271 g/mol. The van der Waals surface area contributed by atoms with Crippen LogP contribution in [0.5, 0.6) is 0 Å². The Morgan fingerprint density at radius 2 is 1.85 bits per heavy atom. The number of pyridine rings is 1. The first-order valence-electron chi connectivity index (χ1n) is 7.01. The SMILES string of the molecule is Fc1ccc(CNc2cccnc2N2CCCC2)cc1. The Balaban J connectivity index is 1.72. The van der Waals surface area contributed by atoms with E-state index in [1.54, 1.807) is 12.1 Å². The van der Waals surface area contributed by atoms with Gasteiger partial charge in [0, 0.05) is 25.8 Å². The van der Waals surface area contributed by atoms with Gasteiger partial charge in [-0.15, -0.1) is 0 Å². The van der Waals surface area contributed by atoms with Crippen LogP contribution in [0, 0.1) is 5.82 Å². The molecule has 1 fully saturated rings. The number of hydrogen-bond donors (Lipinski definition) is 1. The summed E-state index contributed by atoms with van der Waals surface area (Å²) in [5.74, 6) is 0.819. The van der Waals surface area contributed by atoms with Gasteiger partial charge in [-0.1, -0.05) is 12.1 Å². The molecule has 2 heterocycles. The van der Waals surface area contributed by atoms with E-state index in [9.17, 15) is 4.39 Å². The summed E-state index contributed by atoms with van der Waals surface area (Å²) in [5, 5.41) is 3.40. The molecule has 0 atom stereocenters. The Morgan fingerprint density at radius 3 is 2.60 bits per heavy atom. The van der Waals surface area contributed by atoms with Crippen molar-refractivity contribution in [2.45, 2.75) is 19.4 Å². The molecule has 4 heteroatoms. The van der Waals surface area contributed by atoms with E-state index in [2.05, 4.69) is 15.2 Å². The molecular formula is C16H18FN3. The molecule has 0 spiro atoms. The molecule has 0 saturated carbocycles. The van der Waals surface area contributed by atoms with Crippen LogP contribution in [-0.2, 0) is 6.54 Å². The summed E-state index contributed by atoms with van der Waals surface area (Å²) in [5.41, 5.74) is 2.10. The van der Waals surface area contributed by atoms with Crippen molar-refractivity contribution >= 4 is 11.5 Å². The van der Waals surface area contributed by atoms with Gasteiger partial charge in [-0.3, -0.25) is 0 Å². The molecular weight excluding hydrogens is 253 g/mol. The molecule has 1 aromatic heterocycles. The van der Waals surface area contributed by atoms with E-state index in [-0.39, 0.29) is 5.82 Å². The Morgan fingerprint density at radius 1 is 1.10 bits per heavy atom. The van der Waals surface area contributed by atoms with Crippen LogP contribution in [0.4, 0.5) is 15.9 Å². The van der Waals surface area contributed by atoms with Crippen molar-refractivity contribution in [2.75, 3.05) is 23.3 Å². The highest BCUT2D eigenvalue weighted by Crippen LogP contribution is 2.26. The molecule has 0 bridgehead atoms. The third kappa shape index (κ3) is 2.90. The molecule has 1 saturated heterocycles. The minimum Gasteiger partial charge on any atom is -0.378 e. The first-order valence-corrected chi connectivity index (χ1v) is 7.01. The highest BCUT2D eigenvalue weighted by molar-refractivity contribution is 5.65. The molecule has 2 aromatic rings. The van der Waals surface area contributed by atoms with E-state index in [1.807, 2.05) is 18.3 Å². The molecule has 1 N–H and O–H groups in total. The lowest BCUT2D eigenvalue weighted by Crippen LogP contribution is -2.20. The highest BCUT2D eigenvalue weighted by Gasteiger charge is 2.16. The van der Waals surface area contributed by atoms with Gasteiger partial charge < -0.3 is 10.2 Å². The summed E-state index contributed by atoms with van der Waals surface area (Å²) < 4.78 is 12.9. The summed E-state index contributed by atoms with van der Waals surface area (Å²) >= 11 is 0. The number of benzene rings is 1. The largest absolute Gasteiger partial charge is 0.378 e. The number of nitrogens with zero attached hydrogens (tertiary/aromatic N) is 2. The molecule has 0 unspecified atom stereocenters. The third-order valence-electron chi connectivity index (χ3n) is 3.59. The number of rotatable bonds is 4. The first kappa shape index (κ1) is 12.9. The van der Waals surface area contributed by atoms with E-state index < -0.39 is 0 Å². The van der Waals surface area contributed by atoms with Gasteiger partial charge in [0.15, 0.2) is 5.82 Å². The lowest BCUT2D eigenvalue weighted by molar-refractivity contribution is 0.627. The average Bonchev–Trinajstić information content (AvgIpc) is 3.01. The molecule has 1 aliphatic rings. The summed E-state index contributed by atoms with van der Waals surface area (Å²) in [4.78, 5) is 6.80. The maximum absolute atomic E-state index is 12.9. The topological polar surface area (TPSA) is 28.2 Å². The normalized spacial score (nSPS) is 14.6. The van der Waals surface area contributed by atoms with Gasteiger partial charge >= 0.3 is 0 Å². The van der Waals surface area contributed by atoms with Gasteiger partial charge in [0.25, 0.3) is 0 Å². The van der Waals surface area contributed by atoms with Crippen molar-refractivity contribution in [1.29, 1.82) is 0 Å². The minimum absolute atomic E-state index is 0.201. The number of aromatic nitrogens is 1. The quantitative estimate of drug-likeness (QED) is 0.923. The fourth-order valence-corrected chi connectivity index (χ4v) is 2.52. The molecule has 3 nitrogen and oxygen atoms in total. The average molecular weight is 271 g/mol. The Kier molecular flexibility index (Phi) is 3.81. The van der Waals surface area contributed by atoms with Gasteiger partial charge in [-0.25, -0.2) is 9.37 Å². The number of halogens is 1. The lowest BCUT2D eigenvalue weighted by atomic mass is 10.2. The standard InChI is InChI=1S/C16H18FN3/c17-14-7-5-13(6-8-14)12-19-15-4-3-9-18-16(15)20-10-1-2-11-20/h3-9,19H,1-2,10-12H2. The van der Waals surface area contributed by atoms with Crippen LogP contribution in [0.25, 0.3) is 0 Å². The van der Waals surface area contributed by atoms with Crippen LogP contribution in [0.1, 0.15) is 18.4 Å². The van der Waals surface area contributed by atoms with Crippen molar-refractivity contribution in [1.82, 2.24) is 4.98 Å². The number of nitrogens with one attached hydrogen (secondary N) is 1. The maximum atomic E-state index is 12.9. The van der Waals surface area contributed by atoms with Gasteiger partial charge in [0.1, 0.15) is 5.82 Å². The van der Waals surface area contributed by atoms with Gasteiger partial charge in [0.2, 0.25) is 0 Å². The summed E-state index contributed by atoms with van der Waals surface area (Å²) in [6.07, 6.45) is 4.29. The fourth-order valence-electron chi connectivity index (χ4n) is 2.52. The predicted octanol–water partition coefficient (Wildman–Crippen LogP) is 3.43. The van der Waals surface area contributed by atoms with Crippen LogP contribution >= 0.6 is 0 Å². The van der Waals surface area contributed by atoms with E-state index in [0.29, 0.717) is 6.54 Å². The molecule has 20 heavy (non-hydrogen) atoms. The minimum atomic E-state index is -0.201. The van der Waals surface area contributed by atoms with Gasteiger partial charge in [-0.05, 0) is 42.7 Å². The van der Waals surface area contributed by atoms with Crippen molar-refractivity contribution in [3.63, 3.8) is 0 Å². The molecule has 3 rings (SSSR count). The molecule has 0 aliphatic carbocycles. The highest BCUT2D eigenvalue weighted by atomic mass is 19.1. The summed E-state index contributed by atoms with van der Waals surface area (Å²) in [6.45, 7) is 2.82. The number of hydrogen-bond acceptors (Lipinski definition) is 3. The molecule has 0 radical (unpaired) electrons. The molecule has 104 valence electrons. The van der Waals surface area contributed by atoms with Crippen molar-refractivity contribution in [3.05, 3.63) is 54.0 Å². The number of anilines is 2. The smallest absolute Gasteiger partial charge is 0.151 e. The molecule has 1 aliphatic heterocycles. The van der Waals surface area contributed by atoms with Crippen LogP contribution < -0.4 is 10.2 Å². The van der Waals surface area contributed by atoms with E-state index >= 15 is 0 Å².